The molecule has 7 heteroatoms. The molecular weight excluding hydrogens is 288 g/mol. The second-order valence-electron chi connectivity index (χ2n) is 3.13. The molecule has 0 saturated heterocycles. The molecule has 6 nitrogen and oxygen atoms in total. The molecule has 0 unspecified atom stereocenters. The molecule has 1 heterocycles. The van der Waals surface area contributed by atoms with Gasteiger partial charge in [-0.15, -0.1) is 10.2 Å². The van der Waals surface area contributed by atoms with E-state index in [1.165, 1.54) is 30.7 Å². The molecular formula is C10H9BrN4O2. The van der Waals surface area contributed by atoms with Gasteiger partial charge in [0.1, 0.15) is 12.7 Å². The maximum Gasteiger partial charge on any atom is 0.166 e. The van der Waals surface area contributed by atoms with Gasteiger partial charge in [-0.1, -0.05) is 15.9 Å². The van der Waals surface area contributed by atoms with Gasteiger partial charge >= 0.3 is 0 Å². The molecule has 0 amide bonds. The Bertz CT molecular complexity index is 539. The Morgan fingerprint density at radius 1 is 1.41 bits per heavy atom. The van der Waals surface area contributed by atoms with Crippen molar-refractivity contribution in [1.29, 1.82) is 0 Å². The first-order chi connectivity index (χ1) is 8.20. The quantitative estimate of drug-likeness (QED) is 0.874. The zero-order valence-electron chi connectivity index (χ0n) is 8.91. The highest BCUT2D eigenvalue weighted by Gasteiger charge is 2.07. The van der Waals surface area contributed by atoms with E-state index in [4.69, 9.17) is 4.74 Å². The van der Waals surface area contributed by atoms with Crippen molar-refractivity contribution < 1.29 is 9.84 Å². The molecule has 1 N–H and O–H groups in total. The second kappa shape index (κ2) is 4.96. The number of hydrogen-bond acceptors (Lipinski definition) is 5. The molecule has 0 aliphatic heterocycles. The third kappa shape index (κ3) is 2.62. The average Bonchev–Trinajstić information content (AvgIpc) is 2.82. The van der Waals surface area contributed by atoms with Crippen molar-refractivity contribution in [3.8, 4) is 11.5 Å². The molecule has 0 radical (unpaired) electrons. The van der Waals surface area contributed by atoms with Gasteiger partial charge in [0.2, 0.25) is 0 Å². The van der Waals surface area contributed by atoms with Crippen molar-refractivity contribution in [2.24, 2.45) is 5.10 Å². The number of halogens is 1. The minimum atomic E-state index is 0.0347. The largest absolute Gasteiger partial charge is 0.504 e. The Balaban J connectivity index is 2.35. The lowest BCUT2D eigenvalue weighted by Gasteiger charge is -2.06. The van der Waals surface area contributed by atoms with Crippen molar-refractivity contribution in [3.63, 3.8) is 0 Å². The van der Waals surface area contributed by atoms with E-state index in [1.54, 1.807) is 12.1 Å². The fraction of sp³-hybridized carbons (Fsp3) is 0.100. The summed E-state index contributed by atoms with van der Waals surface area (Å²) in [6.45, 7) is 0. The van der Waals surface area contributed by atoms with Gasteiger partial charge in [-0.05, 0) is 12.1 Å². The lowest BCUT2D eigenvalue weighted by Crippen LogP contribution is -1.91. The third-order valence-corrected chi connectivity index (χ3v) is 2.48. The van der Waals surface area contributed by atoms with Crippen LogP contribution < -0.4 is 4.74 Å². The van der Waals surface area contributed by atoms with Crippen molar-refractivity contribution in [2.45, 2.75) is 0 Å². The van der Waals surface area contributed by atoms with E-state index in [0.717, 1.165) is 4.47 Å². The average molecular weight is 297 g/mol. The minimum Gasteiger partial charge on any atom is -0.504 e. The van der Waals surface area contributed by atoms with Gasteiger partial charge < -0.3 is 9.84 Å². The number of aromatic nitrogens is 3. The van der Waals surface area contributed by atoms with Crippen LogP contribution in [-0.4, -0.2) is 33.3 Å². The van der Waals surface area contributed by atoms with E-state index < -0.39 is 0 Å². The van der Waals surface area contributed by atoms with Crippen LogP contribution in [0.1, 0.15) is 5.56 Å². The lowest BCUT2D eigenvalue weighted by atomic mass is 10.2. The predicted octanol–water partition coefficient (Wildman–Crippen LogP) is 1.64. The summed E-state index contributed by atoms with van der Waals surface area (Å²) < 4.78 is 7.24. The summed E-state index contributed by atoms with van der Waals surface area (Å²) in [6.07, 6.45) is 4.39. The monoisotopic (exact) mass is 296 g/mol. The first kappa shape index (κ1) is 11.6. The van der Waals surface area contributed by atoms with Crippen molar-refractivity contribution in [1.82, 2.24) is 14.9 Å². The van der Waals surface area contributed by atoms with Gasteiger partial charge in [-0.2, -0.15) is 5.10 Å². The normalized spacial score (nSPS) is 10.9. The fourth-order valence-electron chi connectivity index (χ4n) is 1.23. The van der Waals surface area contributed by atoms with E-state index >= 15 is 0 Å². The van der Waals surface area contributed by atoms with Gasteiger partial charge in [0.05, 0.1) is 13.3 Å². The molecule has 0 atom stereocenters. The summed E-state index contributed by atoms with van der Waals surface area (Å²) in [6, 6.07) is 3.40. The SMILES string of the molecule is COc1cc(Br)cc(C=Nn2cnnc2)c1O. The van der Waals surface area contributed by atoms with E-state index in [9.17, 15) is 5.11 Å². The first-order valence-corrected chi connectivity index (χ1v) is 5.45. The van der Waals surface area contributed by atoms with Crippen LogP contribution in [0.4, 0.5) is 0 Å². The van der Waals surface area contributed by atoms with Crippen molar-refractivity contribution in [3.05, 3.63) is 34.8 Å². The molecule has 0 bridgehead atoms. The molecule has 2 rings (SSSR count). The zero-order chi connectivity index (χ0) is 12.3. The molecule has 0 aliphatic carbocycles. The number of nitrogens with zero attached hydrogens (tertiary/aromatic N) is 4. The van der Waals surface area contributed by atoms with E-state index in [2.05, 4.69) is 31.2 Å². The summed E-state index contributed by atoms with van der Waals surface area (Å²) in [4.78, 5) is 0. The van der Waals surface area contributed by atoms with Crippen LogP contribution in [0.2, 0.25) is 0 Å². The molecule has 1 aromatic carbocycles. The number of hydrogen-bond donors (Lipinski definition) is 1. The van der Waals surface area contributed by atoms with Crippen LogP contribution in [0.3, 0.4) is 0 Å². The number of benzene rings is 1. The molecule has 0 spiro atoms. The number of methoxy groups -OCH3 is 1. The summed E-state index contributed by atoms with van der Waals surface area (Å²) in [5, 5.41) is 21.1. The standard InChI is InChI=1S/C10H9BrN4O2/c1-17-9-3-8(11)2-7(10(9)16)4-14-15-5-12-13-6-15/h2-6,16H,1H3. The summed E-state index contributed by atoms with van der Waals surface area (Å²) in [5.41, 5.74) is 0.532. The van der Waals surface area contributed by atoms with E-state index in [1.807, 2.05) is 0 Å². The minimum absolute atomic E-state index is 0.0347. The van der Waals surface area contributed by atoms with Gasteiger partial charge in [0.15, 0.2) is 11.5 Å². The number of aromatic hydroxyl groups is 1. The number of ether oxygens (including phenoxy) is 1. The van der Waals surface area contributed by atoms with Crippen molar-refractivity contribution in [2.75, 3.05) is 7.11 Å². The number of rotatable bonds is 3. The summed E-state index contributed by atoms with van der Waals surface area (Å²) >= 11 is 3.32. The molecule has 2 aromatic rings. The highest BCUT2D eigenvalue weighted by molar-refractivity contribution is 9.10. The maximum absolute atomic E-state index is 9.86. The van der Waals surface area contributed by atoms with Gasteiger partial charge in [-0.25, -0.2) is 4.68 Å². The van der Waals surface area contributed by atoms with Gasteiger partial charge in [0, 0.05) is 10.0 Å². The Morgan fingerprint density at radius 2 is 2.12 bits per heavy atom. The number of phenolic OH excluding ortho intramolecular Hbond substituents is 1. The molecule has 0 saturated carbocycles. The van der Waals surface area contributed by atoms with Crippen LogP contribution in [0.15, 0.2) is 34.4 Å². The first-order valence-electron chi connectivity index (χ1n) is 4.66. The van der Waals surface area contributed by atoms with Crippen LogP contribution in [-0.2, 0) is 0 Å². The van der Waals surface area contributed by atoms with Crippen molar-refractivity contribution >= 4 is 22.1 Å². The summed E-state index contributed by atoms with van der Waals surface area (Å²) in [5.74, 6) is 0.414. The third-order valence-electron chi connectivity index (χ3n) is 2.03. The Morgan fingerprint density at radius 3 is 2.76 bits per heavy atom. The van der Waals surface area contributed by atoms with Crippen LogP contribution >= 0.6 is 15.9 Å². The van der Waals surface area contributed by atoms with E-state index in [0.29, 0.717) is 11.3 Å². The predicted molar refractivity (Wildman–Crippen MR) is 65.4 cm³/mol. The molecule has 0 aliphatic rings. The topological polar surface area (TPSA) is 72.5 Å². The number of phenols is 1. The highest BCUT2D eigenvalue weighted by Crippen LogP contribution is 2.32. The fourth-order valence-corrected chi connectivity index (χ4v) is 1.69. The van der Waals surface area contributed by atoms with Crippen LogP contribution in [0, 0.1) is 0 Å². The van der Waals surface area contributed by atoms with E-state index in [-0.39, 0.29) is 5.75 Å². The zero-order valence-corrected chi connectivity index (χ0v) is 10.5. The van der Waals surface area contributed by atoms with Gasteiger partial charge in [-0.3, -0.25) is 0 Å². The molecule has 88 valence electrons. The highest BCUT2D eigenvalue weighted by atomic mass is 79.9. The Kier molecular flexibility index (Phi) is 3.38. The maximum atomic E-state index is 9.86. The summed E-state index contributed by atoms with van der Waals surface area (Å²) in [7, 11) is 1.49. The molecule has 1 aromatic heterocycles. The van der Waals surface area contributed by atoms with Crippen LogP contribution in [0.5, 0.6) is 11.5 Å². The molecule has 17 heavy (non-hydrogen) atoms. The smallest absolute Gasteiger partial charge is 0.166 e. The molecule has 0 fully saturated rings. The lowest BCUT2D eigenvalue weighted by molar-refractivity contribution is 0.373. The Hall–Kier alpha value is -1.89. The van der Waals surface area contributed by atoms with Crippen LogP contribution in [0.25, 0.3) is 0 Å². The second-order valence-corrected chi connectivity index (χ2v) is 4.05. The Labute approximate surface area is 106 Å². The van der Waals surface area contributed by atoms with Gasteiger partial charge in [0.25, 0.3) is 0 Å².